The van der Waals surface area contributed by atoms with E-state index in [1.54, 1.807) is 0 Å². The largest absolute Gasteiger partial charge is 0.321 e. The van der Waals surface area contributed by atoms with Gasteiger partial charge in [-0.25, -0.2) is 5.43 Å². The van der Waals surface area contributed by atoms with Crippen LogP contribution in [-0.2, 0) is 6.54 Å². The van der Waals surface area contributed by atoms with E-state index in [0.29, 0.717) is 0 Å². The predicted octanol–water partition coefficient (Wildman–Crippen LogP) is 2.85. The zero-order valence-electron chi connectivity index (χ0n) is 9.01. The number of hydrogen-bond acceptors (Lipinski definition) is 2. The Morgan fingerprint density at radius 2 is 2.20 bits per heavy atom. The van der Waals surface area contributed by atoms with Crippen LogP contribution >= 0.6 is 0 Å². The van der Waals surface area contributed by atoms with Crippen molar-refractivity contribution in [3.05, 3.63) is 34.9 Å². The van der Waals surface area contributed by atoms with Gasteiger partial charge in [0.05, 0.1) is 5.69 Å². The molecule has 1 heterocycles. The first-order valence-electron chi connectivity index (χ1n) is 5.63. The molecule has 2 nitrogen and oxygen atoms in total. The lowest BCUT2D eigenvalue weighted by molar-refractivity contribution is 0.860. The summed E-state index contributed by atoms with van der Waals surface area (Å²) < 4.78 is 0. The standard InChI is InChI=1S/C13H16N2/c1-9-6-13-12(8-14-15-13)7-11(9)5-4-10-2-3-10/h4-7,10,14-15H,2-3,8H2,1H3/b5-4-. The summed E-state index contributed by atoms with van der Waals surface area (Å²) in [5.74, 6) is 0.855. The van der Waals surface area contributed by atoms with Crippen molar-refractivity contribution in [1.82, 2.24) is 5.43 Å². The molecular formula is C13H16N2. The fraction of sp³-hybridized carbons (Fsp3) is 0.385. The summed E-state index contributed by atoms with van der Waals surface area (Å²) in [7, 11) is 0. The molecule has 0 unspecified atom stereocenters. The third kappa shape index (κ3) is 1.77. The summed E-state index contributed by atoms with van der Waals surface area (Å²) in [6, 6.07) is 4.51. The van der Waals surface area contributed by atoms with E-state index in [1.165, 1.54) is 35.2 Å². The van der Waals surface area contributed by atoms with Gasteiger partial charge in [-0.3, -0.25) is 0 Å². The van der Waals surface area contributed by atoms with E-state index in [1.807, 2.05) is 0 Å². The monoisotopic (exact) mass is 200 g/mol. The second-order valence-electron chi connectivity index (χ2n) is 4.54. The summed E-state index contributed by atoms with van der Waals surface area (Å²) in [5, 5.41) is 0. The van der Waals surface area contributed by atoms with Crippen molar-refractivity contribution in [3.8, 4) is 0 Å². The molecule has 0 radical (unpaired) electrons. The van der Waals surface area contributed by atoms with Crippen molar-refractivity contribution in [2.45, 2.75) is 26.3 Å². The van der Waals surface area contributed by atoms with Crippen LogP contribution in [0.25, 0.3) is 6.08 Å². The molecule has 1 aromatic carbocycles. The van der Waals surface area contributed by atoms with Crippen LogP contribution < -0.4 is 10.9 Å². The Bertz CT molecular complexity index is 417. The summed E-state index contributed by atoms with van der Waals surface area (Å²) in [6.45, 7) is 3.10. The van der Waals surface area contributed by atoms with E-state index in [9.17, 15) is 0 Å². The summed E-state index contributed by atoms with van der Waals surface area (Å²) in [4.78, 5) is 0. The fourth-order valence-corrected chi connectivity index (χ4v) is 1.98. The van der Waals surface area contributed by atoms with Crippen molar-refractivity contribution < 1.29 is 0 Å². The van der Waals surface area contributed by atoms with Gasteiger partial charge in [-0.1, -0.05) is 12.2 Å². The molecule has 1 fully saturated rings. The maximum atomic E-state index is 3.17. The summed E-state index contributed by atoms with van der Waals surface area (Å²) in [5.41, 5.74) is 11.6. The lowest BCUT2D eigenvalue weighted by atomic mass is 10.0. The van der Waals surface area contributed by atoms with Gasteiger partial charge in [0.15, 0.2) is 0 Å². The lowest BCUT2D eigenvalue weighted by Crippen LogP contribution is -2.10. The second kappa shape index (κ2) is 3.38. The minimum atomic E-state index is 0.855. The molecule has 0 atom stereocenters. The van der Waals surface area contributed by atoms with Crippen LogP contribution in [0.4, 0.5) is 5.69 Å². The highest BCUT2D eigenvalue weighted by atomic mass is 15.4. The van der Waals surface area contributed by atoms with Crippen molar-refractivity contribution in [2.24, 2.45) is 5.92 Å². The molecule has 0 bridgehead atoms. The van der Waals surface area contributed by atoms with Crippen LogP contribution in [0.5, 0.6) is 0 Å². The molecular weight excluding hydrogens is 184 g/mol. The smallest absolute Gasteiger partial charge is 0.0536 e. The maximum absolute atomic E-state index is 3.17. The fourth-order valence-electron chi connectivity index (χ4n) is 1.98. The molecule has 2 N–H and O–H groups in total. The molecule has 1 aliphatic carbocycles. The van der Waals surface area contributed by atoms with Gasteiger partial charge >= 0.3 is 0 Å². The topological polar surface area (TPSA) is 24.1 Å². The van der Waals surface area contributed by atoms with Gasteiger partial charge in [-0.15, -0.1) is 0 Å². The maximum Gasteiger partial charge on any atom is 0.0536 e. The number of anilines is 1. The van der Waals surface area contributed by atoms with Gasteiger partial charge in [0, 0.05) is 6.54 Å². The number of hydrazine groups is 1. The minimum absolute atomic E-state index is 0.855. The van der Waals surface area contributed by atoms with Crippen LogP contribution in [0.3, 0.4) is 0 Å². The highest BCUT2D eigenvalue weighted by Crippen LogP contribution is 2.32. The van der Waals surface area contributed by atoms with E-state index >= 15 is 0 Å². The number of hydrogen-bond donors (Lipinski definition) is 2. The number of aryl methyl sites for hydroxylation is 1. The molecule has 0 spiro atoms. The number of benzene rings is 1. The number of allylic oxidation sites excluding steroid dienone is 1. The third-order valence-electron chi connectivity index (χ3n) is 3.16. The Labute approximate surface area is 90.4 Å². The number of fused-ring (bicyclic) bond motifs is 1. The third-order valence-corrected chi connectivity index (χ3v) is 3.16. The minimum Gasteiger partial charge on any atom is -0.321 e. The average molecular weight is 200 g/mol. The van der Waals surface area contributed by atoms with Crippen LogP contribution in [-0.4, -0.2) is 0 Å². The molecule has 1 aliphatic heterocycles. The van der Waals surface area contributed by atoms with Crippen molar-refractivity contribution in [2.75, 3.05) is 5.43 Å². The highest BCUT2D eigenvalue weighted by Gasteiger charge is 2.17. The van der Waals surface area contributed by atoms with Crippen molar-refractivity contribution in [3.63, 3.8) is 0 Å². The molecule has 0 saturated heterocycles. The molecule has 78 valence electrons. The molecule has 2 aliphatic rings. The zero-order valence-corrected chi connectivity index (χ0v) is 9.01. The number of rotatable bonds is 2. The Balaban J connectivity index is 1.93. The average Bonchev–Trinajstić information content (AvgIpc) is 2.94. The van der Waals surface area contributed by atoms with Crippen LogP contribution in [0.1, 0.15) is 29.5 Å². The molecule has 0 amide bonds. The second-order valence-corrected chi connectivity index (χ2v) is 4.54. The molecule has 2 heteroatoms. The normalized spacial score (nSPS) is 19.3. The Hall–Kier alpha value is -1.28. The van der Waals surface area contributed by atoms with Gasteiger partial charge in [-0.05, 0) is 54.5 Å². The molecule has 1 aromatic rings. The van der Waals surface area contributed by atoms with E-state index in [0.717, 1.165) is 12.5 Å². The van der Waals surface area contributed by atoms with Crippen LogP contribution in [0.15, 0.2) is 18.2 Å². The number of nitrogens with one attached hydrogen (secondary N) is 2. The highest BCUT2D eigenvalue weighted by molar-refractivity contribution is 5.64. The molecule has 3 rings (SSSR count). The van der Waals surface area contributed by atoms with E-state index in [2.05, 4.69) is 42.1 Å². The van der Waals surface area contributed by atoms with E-state index in [4.69, 9.17) is 0 Å². The van der Waals surface area contributed by atoms with Crippen molar-refractivity contribution in [1.29, 1.82) is 0 Å². The zero-order chi connectivity index (χ0) is 10.3. The van der Waals surface area contributed by atoms with E-state index in [-0.39, 0.29) is 0 Å². The van der Waals surface area contributed by atoms with Crippen LogP contribution in [0.2, 0.25) is 0 Å². The summed E-state index contributed by atoms with van der Waals surface area (Å²) in [6.07, 6.45) is 7.39. The quantitative estimate of drug-likeness (QED) is 0.767. The van der Waals surface area contributed by atoms with Gasteiger partial charge in [-0.2, -0.15) is 0 Å². The summed E-state index contributed by atoms with van der Waals surface area (Å²) >= 11 is 0. The molecule has 0 aromatic heterocycles. The predicted molar refractivity (Wildman–Crippen MR) is 63.4 cm³/mol. The van der Waals surface area contributed by atoms with Gasteiger partial charge in [0.1, 0.15) is 0 Å². The molecule has 1 saturated carbocycles. The lowest BCUT2D eigenvalue weighted by Gasteiger charge is -2.04. The van der Waals surface area contributed by atoms with Crippen molar-refractivity contribution >= 4 is 11.8 Å². The van der Waals surface area contributed by atoms with E-state index < -0.39 is 0 Å². The first kappa shape index (κ1) is 8.98. The van der Waals surface area contributed by atoms with Gasteiger partial charge in [0.25, 0.3) is 0 Å². The van der Waals surface area contributed by atoms with Gasteiger partial charge < -0.3 is 5.43 Å². The Morgan fingerprint density at radius 3 is 3.00 bits per heavy atom. The Morgan fingerprint density at radius 1 is 1.33 bits per heavy atom. The van der Waals surface area contributed by atoms with Gasteiger partial charge in [0.2, 0.25) is 0 Å². The Kier molecular flexibility index (Phi) is 2.03. The molecule has 15 heavy (non-hydrogen) atoms. The first-order valence-corrected chi connectivity index (χ1v) is 5.63. The first-order chi connectivity index (χ1) is 7.33. The van der Waals surface area contributed by atoms with Crippen LogP contribution in [0, 0.1) is 12.8 Å². The SMILES string of the molecule is Cc1cc2c(cc1/C=C\C1CC1)CNN2.